The molecule has 0 fully saturated rings. The predicted octanol–water partition coefficient (Wildman–Crippen LogP) is 5.27. The lowest BCUT2D eigenvalue weighted by atomic mass is 9.99. The van der Waals surface area contributed by atoms with Crippen LogP contribution < -0.4 is 10.1 Å². The lowest BCUT2D eigenvalue weighted by molar-refractivity contribution is 0.0979. The van der Waals surface area contributed by atoms with Gasteiger partial charge in [-0.05, 0) is 80.6 Å². The Labute approximate surface area is 172 Å². The minimum atomic E-state index is 0. The van der Waals surface area contributed by atoms with Crippen LogP contribution in [0.5, 0.6) is 5.75 Å². The summed E-state index contributed by atoms with van der Waals surface area (Å²) in [7, 11) is 0. The minimum absolute atomic E-state index is 0. The molecule has 0 aliphatic carbocycles. The molecular formula is C22H27Cl2NO2. The Balaban J connectivity index is 0.00000261. The molecule has 0 atom stereocenters. The van der Waals surface area contributed by atoms with Gasteiger partial charge >= 0.3 is 0 Å². The zero-order chi connectivity index (χ0) is 18.2. The summed E-state index contributed by atoms with van der Waals surface area (Å²) in [6.07, 6.45) is 5.48. The van der Waals surface area contributed by atoms with Crippen molar-refractivity contribution in [2.24, 2.45) is 0 Å². The van der Waals surface area contributed by atoms with Gasteiger partial charge in [0, 0.05) is 17.0 Å². The van der Waals surface area contributed by atoms with Crippen LogP contribution in [0.15, 0.2) is 42.5 Å². The Morgan fingerprint density at radius 1 is 1.11 bits per heavy atom. The number of Topliss-reactive ketones (excluding diaryl/α,β-unsaturated/α-hetero) is 1. The van der Waals surface area contributed by atoms with Crippen LogP contribution in [0.3, 0.4) is 0 Å². The third-order valence-electron chi connectivity index (χ3n) is 4.77. The second kappa shape index (κ2) is 11.3. The summed E-state index contributed by atoms with van der Waals surface area (Å²) in [5.41, 5.74) is 3.16. The highest BCUT2D eigenvalue weighted by atomic mass is 35.5. The van der Waals surface area contributed by atoms with Gasteiger partial charge < -0.3 is 10.1 Å². The summed E-state index contributed by atoms with van der Waals surface area (Å²) in [6.45, 7) is 2.61. The van der Waals surface area contributed by atoms with Crippen molar-refractivity contribution in [1.82, 2.24) is 5.32 Å². The summed E-state index contributed by atoms with van der Waals surface area (Å²) >= 11 is 6.15. The van der Waals surface area contributed by atoms with Gasteiger partial charge in [0.05, 0.1) is 6.61 Å². The van der Waals surface area contributed by atoms with Crippen molar-refractivity contribution in [2.75, 3.05) is 19.7 Å². The van der Waals surface area contributed by atoms with Gasteiger partial charge in [0.1, 0.15) is 5.75 Å². The SMILES string of the molecule is Cl.O=C(CCCCNCCc1ccccc1Cl)c1ccc2c(c1)CCCO2. The van der Waals surface area contributed by atoms with Crippen molar-refractivity contribution in [1.29, 1.82) is 0 Å². The van der Waals surface area contributed by atoms with Gasteiger partial charge in [-0.3, -0.25) is 4.79 Å². The molecule has 0 amide bonds. The fraction of sp³-hybridized carbons (Fsp3) is 0.409. The average Bonchev–Trinajstić information content (AvgIpc) is 2.68. The molecule has 3 rings (SSSR count). The highest BCUT2D eigenvalue weighted by molar-refractivity contribution is 6.31. The fourth-order valence-electron chi connectivity index (χ4n) is 3.26. The molecule has 0 unspecified atom stereocenters. The van der Waals surface area contributed by atoms with E-state index in [0.29, 0.717) is 6.42 Å². The molecule has 1 aliphatic heterocycles. The van der Waals surface area contributed by atoms with Crippen molar-refractivity contribution in [3.8, 4) is 5.75 Å². The van der Waals surface area contributed by atoms with Crippen molar-refractivity contribution < 1.29 is 9.53 Å². The first-order chi connectivity index (χ1) is 12.7. The standard InChI is InChI=1S/C22H26ClNO2.ClH/c23-20-8-2-1-6-17(20)12-14-24-13-4-3-9-21(25)18-10-11-22-19(16-18)7-5-15-26-22;/h1-2,6,8,10-11,16,24H,3-5,7,9,12-15H2;1H. The number of ketones is 1. The van der Waals surface area contributed by atoms with Crippen molar-refractivity contribution in [3.05, 3.63) is 64.2 Å². The first kappa shape index (κ1) is 21.7. The topological polar surface area (TPSA) is 38.3 Å². The number of hydrogen-bond donors (Lipinski definition) is 1. The molecular weight excluding hydrogens is 381 g/mol. The Kier molecular flexibility index (Phi) is 9.12. The van der Waals surface area contributed by atoms with E-state index in [4.69, 9.17) is 16.3 Å². The molecule has 1 heterocycles. The molecule has 2 aromatic rings. The van der Waals surface area contributed by atoms with Crippen molar-refractivity contribution >= 4 is 29.8 Å². The van der Waals surface area contributed by atoms with Gasteiger partial charge in [-0.25, -0.2) is 0 Å². The normalized spacial score (nSPS) is 12.6. The molecule has 1 N–H and O–H groups in total. The van der Waals surface area contributed by atoms with Gasteiger partial charge in [0.25, 0.3) is 0 Å². The first-order valence-electron chi connectivity index (χ1n) is 9.47. The van der Waals surface area contributed by atoms with Crippen molar-refractivity contribution in [2.45, 2.75) is 38.5 Å². The van der Waals surface area contributed by atoms with Gasteiger partial charge in [0.2, 0.25) is 0 Å². The number of carbonyl (C=O) groups excluding carboxylic acids is 1. The maximum Gasteiger partial charge on any atom is 0.162 e. The van der Waals surface area contributed by atoms with Crippen LogP contribution >= 0.6 is 24.0 Å². The van der Waals surface area contributed by atoms with Crippen LogP contribution in [0, 0.1) is 0 Å². The summed E-state index contributed by atoms with van der Waals surface area (Å²) in [5, 5.41) is 4.26. The lowest BCUT2D eigenvalue weighted by Gasteiger charge is -2.17. The third kappa shape index (κ3) is 6.53. The van der Waals surface area contributed by atoms with Gasteiger partial charge in [0.15, 0.2) is 5.78 Å². The lowest BCUT2D eigenvalue weighted by Crippen LogP contribution is -2.18. The molecule has 0 aromatic heterocycles. The van der Waals surface area contributed by atoms with Crippen LogP contribution in [-0.4, -0.2) is 25.5 Å². The van der Waals surface area contributed by atoms with Crippen LogP contribution in [0.1, 0.15) is 47.2 Å². The molecule has 0 saturated carbocycles. The molecule has 5 heteroatoms. The number of aryl methyl sites for hydroxylation is 1. The molecule has 3 nitrogen and oxygen atoms in total. The maximum absolute atomic E-state index is 12.4. The molecule has 0 saturated heterocycles. The third-order valence-corrected chi connectivity index (χ3v) is 5.14. The van der Waals surface area contributed by atoms with Gasteiger partial charge in [-0.1, -0.05) is 29.8 Å². The van der Waals surface area contributed by atoms with Gasteiger partial charge in [-0.2, -0.15) is 0 Å². The van der Waals surface area contributed by atoms with E-state index in [1.807, 2.05) is 36.4 Å². The molecule has 0 spiro atoms. The monoisotopic (exact) mass is 407 g/mol. The Bertz CT molecular complexity index is 749. The maximum atomic E-state index is 12.4. The number of rotatable bonds is 9. The number of hydrogen-bond acceptors (Lipinski definition) is 3. The van der Waals surface area contributed by atoms with E-state index in [9.17, 15) is 4.79 Å². The number of benzene rings is 2. The van der Waals surface area contributed by atoms with Crippen molar-refractivity contribution in [3.63, 3.8) is 0 Å². The number of nitrogens with one attached hydrogen (secondary N) is 1. The minimum Gasteiger partial charge on any atom is -0.493 e. The zero-order valence-electron chi connectivity index (χ0n) is 15.5. The van der Waals surface area contributed by atoms with Crippen LogP contribution in [-0.2, 0) is 12.8 Å². The van der Waals surface area contributed by atoms with E-state index >= 15 is 0 Å². The van der Waals surface area contributed by atoms with Crippen LogP contribution in [0.25, 0.3) is 0 Å². The predicted molar refractivity (Wildman–Crippen MR) is 114 cm³/mol. The number of unbranched alkanes of at least 4 members (excludes halogenated alkanes) is 1. The first-order valence-corrected chi connectivity index (χ1v) is 9.85. The smallest absolute Gasteiger partial charge is 0.162 e. The number of fused-ring (bicyclic) bond motifs is 1. The quantitative estimate of drug-likeness (QED) is 0.454. The van der Waals surface area contributed by atoms with E-state index in [0.717, 1.165) is 68.1 Å². The summed E-state index contributed by atoms with van der Waals surface area (Å²) < 4.78 is 5.61. The molecule has 2 aromatic carbocycles. The molecule has 1 aliphatic rings. The second-order valence-electron chi connectivity index (χ2n) is 6.75. The zero-order valence-corrected chi connectivity index (χ0v) is 17.1. The largest absolute Gasteiger partial charge is 0.493 e. The Hall–Kier alpha value is -1.55. The Morgan fingerprint density at radius 2 is 1.96 bits per heavy atom. The molecule has 0 bridgehead atoms. The van der Waals surface area contributed by atoms with Crippen LogP contribution in [0.4, 0.5) is 0 Å². The summed E-state index contributed by atoms with van der Waals surface area (Å²) in [6, 6.07) is 13.8. The molecule has 27 heavy (non-hydrogen) atoms. The Morgan fingerprint density at radius 3 is 2.81 bits per heavy atom. The van der Waals surface area contributed by atoms with E-state index in [2.05, 4.69) is 11.4 Å². The highest BCUT2D eigenvalue weighted by Crippen LogP contribution is 2.26. The number of ether oxygens (including phenoxy) is 1. The van der Waals surface area contributed by atoms with Gasteiger partial charge in [-0.15, -0.1) is 12.4 Å². The van der Waals surface area contributed by atoms with E-state index in [-0.39, 0.29) is 18.2 Å². The fourth-order valence-corrected chi connectivity index (χ4v) is 3.49. The van der Waals surface area contributed by atoms with Crippen LogP contribution in [0.2, 0.25) is 5.02 Å². The molecule has 0 radical (unpaired) electrons. The highest BCUT2D eigenvalue weighted by Gasteiger charge is 2.13. The van der Waals surface area contributed by atoms with E-state index < -0.39 is 0 Å². The number of halogens is 2. The average molecular weight is 408 g/mol. The number of carbonyl (C=O) groups is 1. The molecule has 146 valence electrons. The van der Waals surface area contributed by atoms with E-state index in [1.165, 1.54) is 11.1 Å². The summed E-state index contributed by atoms with van der Waals surface area (Å²) in [5.74, 6) is 1.17. The van der Waals surface area contributed by atoms with E-state index in [1.54, 1.807) is 0 Å². The second-order valence-corrected chi connectivity index (χ2v) is 7.15. The summed E-state index contributed by atoms with van der Waals surface area (Å²) in [4.78, 5) is 12.4.